The van der Waals surface area contributed by atoms with E-state index in [0.29, 0.717) is 38.0 Å². The number of aromatic nitrogens is 3. The molecule has 35 heavy (non-hydrogen) atoms. The lowest BCUT2D eigenvalue weighted by Gasteiger charge is -2.13. The highest BCUT2D eigenvalue weighted by atomic mass is 16.5. The van der Waals surface area contributed by atoms with Crippen molar-refractivity contribution in [3.63, 3.8) is 0 Å². The SMILES string of the molecule is CCOc1nc2nc(n1)Nc1ccc(C(=O)O)c(c1)OCCCCCCOc1ccc(cc1)CN2. The van der Waals surface area contributed by atoms with Gasteiger partial charge in [0.25, 0.3) is 0 Å². The average Bonchev–Trinajstić information content (AvgIpc) is 2.85. The Morgan fingerprint density at radius 3 is 2.46 bits per heavy atom. The van der Waals surface area contributed by atoms with Crippen molar-refractivity contribution in [1.82, 2.24) is 15.0 Å². The van der Waals surface area contributed by atoms with Crippen molar-refractivity contribution in [2.24, 2.45) is 0 Å². The van der Waals surface area contributed by atoms with Crippen LogP contribution in [0.3, 0.4) is 0 Å². The van der Waals surface area contributed by atoms with Gasteiger partial charge in [0, 0.05) is 18.3 Å². The zero-order chi connectivity index (χ0) is 24.5. The molecular formula is C25H29N5O5. The molecular weight excluding hydrogens is 450 g/mol. The highest BCUT2D eigenvalue weighted by Crippen LogP contribution is 2.26. The van der Waals surface area contributed by atoms with E-state index in [1.54, 1.807) is 12.1 Å². The molecule has 3 aromatic rings. The number of aromatic carboxylic acids is 1. The first-order valence-corrected chi connectivity index (χ1v) is 11.7. The first-order chi connectivity index (χ1) is 17.1. The van der Waals surface area contributed by atoms with Gasteiger partial charge in [0.15, 0.2) is 0 Å². The molecule has 0 atom stereocenters. The van der Waals surface area contributed by atoms with E-state index in [4.69, 9.17) is 14.2 Å². The number of carboxylic acids is 1. The van der Waals surface area contributed by atoms with Crippen LogP contribution in [0.5, 0.6) is 17.5 Å². The van der Waals surface area contributed by atoms with Crippen molar-refractivity contribution >= 4 is 23.6 Å². The number of carboxylic acid groups (broad SMARTS) is 1. The molecule has 2 aliphatic rings. The number of ether oxygens (including phenoxy) is 3. The van der Waals surface area contributed by atoms with Gasteiger partial charge in [0.1, 0.15) is 17.1 Å². The monoisotopic (exact) mass is 479 g/mol. The molecule has 5 rings (SSSR count). The molecule has 1 aromatic heterocycles. The summed E-state index contributed by atoms with van der Waals surface area (Å²) in [5, 5.41) is 15.8. The minimum absolute atomic E-state index is 0.0971. The summed E-state index contributed by atoms with van der Waals surface area (Å²) in [6.45, 7) is 3.80. The summed E-state index contributed by atoms with van der Waals surface area (Å²) in [5.74, 6) is 0.668. The van der Waals surface area contributed by atoms with Crippen molar-refractivity contribution < 1.29 is 24.1 Å². The molecule has 10 nitrogen and oxygen atoms in total. The van der Waals surface area contributed by atoms with Gasteiger partial charge < -0.3 is 30.0 Å². The molecule has 2 aliphatic heterocycles. The Kier molecular flexibility index (Phi) is 8.16. The van der Waals surface area contributed by atoms with E-state index in [9.17, 15) is 9.90 Å². The number of hydrogen-bond donors (Lipinski definition) is 3. The second-order valence-electron chi connectivity index (χ2n) is 7.95. The molecule has 0 saturated heterocycles. The fourth-order valence-electron chi connectivity index (χ4n) is 3.52. The highest BCUT2D eigenvalue weighted by Gasteiger charge is 2.14. The van der Waals surface area contributed by atoms with Crippen LogP contribution in [0.15, 0.2) is 42.5 Å². The first-order valence-electron chi connectivity index (χ1n) is 11.7. The Morgan fingerprint density at radius 2 is 1.71 bits per heavy atom. The smallest absolute Gasteiger partial charge is 0.339 e. The van der Waals surface area contributed by atoms with E-state index in [2.05, 4.69) is 25.6 Å². The standard InChI is InChI=1S/C25H29N5O5/c1-2-33-25-29-23-26-16-17-7-10-19(11-8-17)34-13-5-3-4-6-14-35-21-15-18(27-24(28-23)30-25)9-12-20(21)22(31)32/h7-12,15H,2-6,13-14,16H2,1H3,(H,31,32)(H2,26,27,28,29,30). The Morgan fingerprint density at radius 1 is 0.971 bits per heavy atom. The predicted octanol–water partition coefficient (Wildman–Crippen LogP) is 4.66. The van der Waals surface area contributed by atoms with Crippen molar-refractivity contribution in [3.8, 4) is 17.5 Å². The molecule has 184 valence electrons. The summed E-state index contributed by atoms with van der Waals surface area (Å²) in [5.41, 5.74) is 1.73. The third kappa shape index (κ3) is 6.95. The normalized spacial score (nSPS) is 14.3. The molecule has 10 heteroatoms. The van der Waals surface area contributed by atoms with E-state index in [1.165, 1.54) is 6.07 Å². The van der Waals surface area contributed by atoms with Gasteiger partial charge >= 0.3 is 12.0 Å². The molecule has 0 amide bonds. The number of nitrogens with one attached hydrogen (secondary N) is 2. The summed E-state index contributed by atoms with van der Waals surface area (Å²) < 4.78 is 17.2. The van der Waals surface area contributed by atoms with Crippen LogP contribution in [0.4, 0.5) is 17.6 Å². The van der Waals surface area contributed by atoms with Crippen LogP contribution in [0.1, 0.15) is 48.5 Å². The maximum absolute atomic E-state index is 11.7. The van der Waals surface area contributed by atoms with Gasteiger partial charge in [-0.25, -0.2) is 4.79 Å². The lowest BCUT2D eigenvalue weighted by molar-refractivity contribution is 0.0692. The Hall–Kier alpha value is -4.08. The third-order valence-corrected chi connectivity index (χ3v) is 5.30. The van der Waals surface area contributed by atoms with Gasteiger partial charge in [0.05, 0.1) is 19.8 Å². The van der Waals surface area contributed by atoms with E-state index in [-0.39, 0.29) is 23.3 Å². The fourth-order valence-corrected chi connectivity index (χ4v) is 3.52. The van der Waals surface area contributed by atoms with Crippen LogP contribution in [0.2, 0.25) is 0 Å². The van der Waals surface area contributed by atoms with E-state index in [1.807, 2.05) is 31.2 Å². The largest absolute Gasteiger partial charge is 0.494 e. The molecule has 0 aliphatic carbocycles. The zero-order valence-corrected chi connectivity index (χ0v) is 19.6. The second-order valence-corrected chi connectivity index (χ2v) is 7.95. The summed E-state index contributed by atoms with van der Waals surface area (Å²) in [4.78, 5) is 24.7. The van der Waals surface area contributed by atoms with E-state index >= 15 is 0 Å². The topological polar surface area (TPSA) is 128 Å². The number of rotatable bonds is 3. The van der Waals surface area contributed by atoms with Crippen molar-refractivity contribution in [2.45, 2.75) is 39.2 Å². The van der Waals surface area contributed by atoms with Gasteiger partial charge in [-0.05, 0) is 62.4 Å². The predicted molar refractivity (Wildman–Crippen MR) is 131 cm³/mol. The Bertz CT molecular complexity index is 1140. The Balaban J connectivity index is 1.61. The Labute approximate surface area is 203 Å². The first kappa shape index (κ1) is 24.1. The molecule has 0 saturated carbocycles. The quantitative estimate of drug-likeness (QED) is 0.488. The summed E-state index contributed by atoms with van der Waals surface area (Å²) >= 11 is 0. The maximum Gasteiger partial charge on any atom is 0.339 e. The van der Waals surface area contributed by atoms with Gasteiger partial charge in [-0.2, -0.15) is 15.0 Å². The van der Waals surface area contributed by atoms with Gasteiger partial charge in [-0.1, -0.05) is 12.1 Å². The van der Waals surface area contributed by atoms with Crippen LogP contribution in [0.25, 0.3) is 0 Å². The number of benzene rings is 2. The van der Waals surface area contributed by atoms with Crippen LogP contribution >= 0.6 is 0 Å². The minimum atomic E-state index is -1.05. The van der Waals surface area contributed by atoms with Crippen molar-refractivity contribution in [1.29, 1.82) is 0 Å². The van der Waals surface area contributed by atoms with E-state index < -0.39 is 5.97 Å². The van der Waals surface area contributed by atoms with Crippen LogP contribution in [-0.2, 0) is 6.54 Å². The third-order valence-electron chi connectivity index (χ3n) is 5.30. The average molecular weight is 480 g/mol. The molecule has 3 heterocycles. The number of nitrogens with zero attached hydrogens (tertiary/aromatic N) is 3. The number of fused-ring (bicyclic) bond motifs is 10. The molecule has 0 fully saturated rings. The summed E-state index contributed by atoms with van der Waals surface area (Å²) in [7, 11) is 0. The van der Waals surface area contributed by atoms with Crippen LogP contribution < -0.4 is 24.8 Å². The van der Waals surface area contributed by atoms with Gasteiger partial charge in [-0.15, -0.1) is 0 Å². The van der Waals surface area contributed by atoms with Crippen LogP contribution in [-0.4, -0.2) is 45.8 Å². The molecule has 2 aromatic carbocycles. The molecule has 0 unspecified atom stereocenters. The minimum Gasteiger partial charge on any atom is -0.494 e. The zero-order valence-electron chi connectivity index (χ0n) is 19.6. The maximum atomic E-state index is 11.7. The van der Waals surface area contributed by atoms with Gasteiger partial charge in [0.2, 0.25) is 11.9 Å². The molecule has 6 bridgehead atoms. The van der Waals surface area contributed by atoms with Crippen molar-refractivity contribution in [2.75, 3.05) is 30.5 Å². The summed E-state index contributed by atoms with van der Waals surface area (Å²) in [6.07, 6.45) is 3.71. The molecule has 3 N–H and O–H groups in total. The lowest BCUT2D eigenvalue weighted by atomic mass is 10.1. The number of anilines is 3. The number of hydrogen-bond acceptors (Lipinski definition) is 9. The van der Waals surface area contributed by atoms with Crippen LogP contribution in [0, 0.1) is 0 Å². The summed E-state index contributed by atoms with van der Waals surface area (Å²) in [6, 6.07) is 12.9. The fraction of sp³-hybridized carbons (Fsp3) is 0.360. The van der Waals surface area contributed by atoms with Crippen molar-refractivity contribution in [3.05, 3.63) is 53.6 Å². The highest BCUT2D eigenvalue weighted by molar-refractivity contribution is 5.91. The van der Waals surface area contributed by atoms with Gasteiger partial charge in [-0.3, -0.25) is 0 Å². The number of carbonyl (C=O) groups is 1. The van der Waals surface area contributed by atoms with E-state index in [0.717, 1.165) is 37.0 Å². The molecule has 0 spiro atoms. The molecule has 0 radical (unpaired) electrons. The lowest BCUT2D eigenvalue weighted by Crippen LogP contribution is -2.10. The second kappa shape index (κ2) is 11.9.